The van der Waals surface area contributed by atoms with Crippen molar-refractivity contribution in [2.75, 3.05) is 0 Å². The monoisotopic (exact) mass is 223 g/mol. The molecule has 0 radical (unpaired) electrons. The van der Waals surface area contributed by atoms with Crippen molar-refractivity contribution in [1.82, 2.24) is 0 Å². The quantitative estimate of drug-likeness (QED) is 0.825. The summed E-state index contributed by atoms with van der Waals surface area (Å²) in [5, 5.41) is 0. The summed E-state index contributed by atoms with van der Waals surface area (Å²) in [6.07, 6.45) is 3.49. The predicted octanol–water partition coefficient (Wildman–Crippen LogP) is 3.69. The van der Waals surface area contributed by atoms with E-state index in [1.165, 1.54) is 23.1 Å². The van der Waals surface area contributed by atoms with Crippen molar-refractivity contribution in [3.8, 4) is 11.1 Å². The van der Waals surface area contributed by atoms with Gasteiger partial charge in [-0.2, -0.15) is 0 Å². The van der Waals surface area contributed by atoms with E-state index in [-0.39, 0.29) is 5.54 Å². The van der Waals surface area contributed by atoms with Crippen LogP contribution in [0.1, 0.15) is 24.8 Å². The third-order valence-electron chi connectivity index (χ3n) is 3.79. The molecule has 0 unspecified atom stereocenters. The molecule has 0 saturated heterocycles. The Kier molecular flexibility index (Phi) is 2.49. The predicted molar refractivity (Wildman–Crippen MR) is 71.6 cm³/mol. The number of rotatable bonds is 2. The minimum Gasteiger partial charge on any atom is -0.321 e. The average molecular weight is 223 g/mol. The normalized spacial score (nSPS) is 17.5. The topological polar surface area (TPSA) is 26.0 Å². The van der Waals surface area contributed by atoms with Crippen LogP contribution in [0.3, 0.4) is 0 Å². The summed E-state index contributed by atoms with van der Waals surface area (Å²) in [4.78, 5) is 0. The number of nitrogens with two attached hydrogens (primary N) is 1. The molecule has 1 nitrogen and oxygen atoms in total. The molecule has 3 rings (SSSR count). The Bertz CT molecular complexity index is 512. The lowest BCUT2D eigenvalue weighted by Crippen LogP contribution is -2.43. The molecule has 1 aliphatic rings. The molecule has 86 valence electrons. The van der Waals surface area contributed by atoms with Crippen molar-refractivity contribution >= 4 is 0 Å². The SMILES string of the molecule is NC1(c2cccc(-c3ccccc3)c2)CCC1. The van der Waals surface area contributed by atoms with Crippen LogP contribution in [0, 0.1) is 0 Å². The Morgan fingerprint density at radius 1 is 0.824 bits per heavy atom. The summed E-state index contributed by atoms with van der Waals surface area (Å²) in [6.45, 7) is 0. The van der Waals surface area contributed by atoms with Crippen molar-refractivity contribution < 1.29 is 0 Å². The fourth-order valence-corrected chi connectivity index (χ4v) is 2.49. The average Bonchev–Trinajstić information content (AvgIpc) is 2.37. The summed E-state index contributed by atoms with van der Waals surface area (Å²) in [5.74, 6) is 0. The molecule has 0 amide bonds. The Morgan fingerprint density at radius 2 is 1.53 bits per heavy atom. The second-order valence-corrected chi connectivity index (χ2v) is 4.96. The van der Waals surface area contributed by atoms with Gasteiger partial charge in [-0.1, -0.05) is 48.5 Å². The maximum absolute atomic E-state index is 6.37. The molecule has 2 N–H and O–H groups in total. The second-order valence-electron chi connectivity index (χ2n) is 4.96. The van der Waals surface area contributed by atoms with Crippen molar-refractivity contribution in [2.45, 2.75) is 24.8 Å². The van der Waals surface area contributed by atoms with E-state index in [1.807, 2.05) is 6.07 Å². The lowest BCUT2D eigenvalue weighted by atomic mass is 9.72. The van der Waals surface area contributed by atoms with Crippen LogP contribution in [0.5, 0.6) is 0 Å². The van der Waals surface area contributed by atoms with Crippen LogP contribution >= 0.6 is 0 Å². The van der Waals surface area contributed by atoms with Crippen molar-refractivity contribution in [3.63, 3.8) is 0 Å². The summed E-state index contributed by atoms with van der Waals surface area (Å²) in [7, 11) is 0. The summed E-state index contributed by atoms with van der Waals surface area (Å²) in [6, 6.07) is 19.1. The first-order valence-corrected chi connectivity index (χ1v) is 6.23. The molecule has 0 aromatic heterocycles. The zero-order valence-electron chi connectivity index (χ0n) is 9.89. The van der Waals surface area contributed by atoms with Crippen LogP contribution < -0.4 is 5.73 Å². The van der Waals surface area contributed by atoms with Crippen molar-refractivity contribution in [3.05, 3.63) is 60.2 Å². The van der Waals surface area contributed by atoms with E-state index in [2.05, 4.69) is 48.5 Å². The van der Waals surface area contributed by atoms with E-state index in [9.17, 15) is 0 Å². The lowest BCUT2D eigenvalue weighted by molar-refractivity contribution is 0.253. The maximum atomic E-state index is 6.37. The van der Waals surface area contributed by atoms with Crippen LogP contribution in [-0.4, -0.2) is 0 Å². The molecule has 0 atom stereocenters. The zero-order chi connectivity index (χ0) is 11.7. The molecule has 1 heteroatoms. The standard InChI is InChI=1S/C16H17N/c17-16(10-5-11-16)15-9-4-8-14(12-15)13-6-2-1-3-7-13/h1-4,6-9,12H,5,10-11,17H2. The van der Waals surface area contributed by atoms with Gasteiger partial charge in [0, 0.05) is 5.54 Å². The van der Waals surface area contributed by atoms with Gasteiger partial charge in [0.15, 0.2) is 0 Å². The largest absolute Gasteiger partial charge is 0.321 e. The molecular weight excluding hydrogens is 206 g/mol. The molecule has 0 spiro atoms. The molecule has 2 aromatic carbocycles. The highest BCUT2D eigenvalue weighted by Crippen LogP contribution is 2.39. The van der Waals surface area contributed by atoms with E-state index in [1.54, 1.807) is 0 Å². The van der Waals surface area contributed by atoms with E-state index >= 15 is 0 Å². The number of benzene rings is 2. The van der Waals surface area contributed by atoms with Crippen LogP contribution in [0.25, 0.3) is 11.1 Å². The first-order valence-electron chi connectivity index (χ1n) is 6.23. The Balaban J connectivity index is 2.00. The molecule has 1 fully saturated rings. The summed E-state index contributed by atoms with van der Waals surface area (Å²) < 4.78 is 0. The molecule has 0 bridgehead atoms. The van der Waals surface area contributed by atoms with Gasteiger partial charge in [0.1, 0.15) is 0 Å². The minimum atomic E-state index is -0.0647. The van der Waals surface area contributed by atoms with Crippen molar-refractivity contribution in [2.24, 2.45) is 5.73 Å². The Hall–Kier alpha value is -1.60. The van der Waals surface area contributed by atoms with Crippen LogP contribution in [-0.2, 0) is 5.54 Å². The highest BCUT2D eigenvalue weighted by Gasteiger charge is 2.34. The van der Waals surface area contributed by atoms with Gasteiger partial charge in [-0.05, 0) is 42.0 Å². The molecule has 1 aliphatic carbocycles. The maximum Gasteiger partial charge on any atom is 0.0409 e. The van der Waals surface area contributed by atoms with Gasteiger partial charge in [0.25, 0.3) is 0 Å². The third kappa shape index (κ3) is 1.87. The molecule has 0 heterocycles. The van der Waals surface area contributed by atoms with Crippen LogP contribution in [0.4, 0.5) is 0 Å². The highest BCUT2D eigenvalue weighted by atomic mass is 14.8. The zero-order valence-corrected chi connectivity index (χ0v) is 9.89. The fourth-order valence-electron chi connectivity index (χ4n) is 2.49. The van der Waals surface area contributed by atoms with Crippen LogP contribution in [0.15, 0.2) is 54.6 Å². The molecule has 2 aromatic rings. The fraction of sp³-hybridized carbons (Fsp3) is 0.250. The van der Waals surface area contributed by atoms with E-state index in [4.69, 9.17) is 5.73 Å². The molecule has 1 saturated carbocycles. The van der Waals surface area contributed by atoms with E-state index in [0.717, 1.165) is 12.8 Å². The van der Waals surface area contributed by atoms with Gasteiger partial charge in [-0.15, -0.1) is 0 Å². The highest BCUT2D eigenvalue weighted by molar-refractivity contribution is 5.64. The smallest absolute Gasteiger partial charge is 0.0409 e. The molecule has 0 aliphatic heterocycles. The van der Waals surface area contributed by atoms with Gasteiger partial charge >= 0.3 is 0 Å². The van der Waals surface area contributed by atoms with Crippen molar-refractivity contribution in [1.29, 1.82) is 0 Å². The summed E-state index contributed by atoms with van der Waals surface area (Å²) in [5.41, 5.74) is 10.1. The van der Waals surface area contributed by atoms with E-state index < -0.39 is 0 Å². The number of hydrogen-bond acceptors (Lipinski definition) is 1. The Morgan fingerprint density at radius 3 is 2.18 bits per heavy atom. The molecular formula is C16H17N. The van der Waals surface area contributed by atoms with Crippen LogP contribution in [0.2, 0.25) is 0 Å². The Labute approximate surface area is 102 Å². The second kappa shape index (κ2) is 4.01. The molecule has 17 heavy (non-hydrogen) atoms. The first-order chi connectivity index (χ1) is 8.28. The van der Waals surface area contributed by atoms with Gasteiger partial charge in [0.2, 0.25) is 0 Å². The van der Waals surface area contributed by atoms with Gasteiger partial charge in [-0.3, -0.25) is 0 Å². The lowest BCUT2D eigenvalue weighted by Gasteiger charge is -2.38. The van der Waals surface area contributed by atoms with Gasteiger partial charge in [-0.25, -0.2) is 0 Å². The van der Waals surface area contributed by atoms with Gasteiger partial charge < -0.3 is 5.73 Å². The summed E-state index contributed by atoms with van der Waals surface area (Å²) >= 11 is 0. The minimum absolute atomic E-state index is 0.0647. The van der Waals surface area contributed by atoms with Gasteiger partial charge in [0.05, 0.1) is 0 Å². The van der Waals surface area contributed by atoms with E-state index in [0.29, 0.717) is 0 Å². The first kappa shape index (κ1) is 10.5. The number of hydrogen-bond donors (Lipinski definition) is 1. The third-order valence-corrected chi connectivity index (χ3v) is 3.79.